The summed E-state index contributed by atoms with van der Waals surface area (Å²) in [5.41, 5.74) is 0. The van der Waals surface area contributed by atoms with Gasteiger partial charge in [0.25, 0.3) is 0 Å². The lowest BCUT2D eigenvalue weighted by Gasteiger charge is -2.33. The summed E-state index contributed by atoms with van der Waals surface area (Å²) in [5, 5.41) is 6.14. The predicted octanol–water partition coefficient (Wildman–Crippen LogP) is 0.585. The van der Waals surface area contributed by atoms with Crippen LogP contribution in [0.1, 0.15) is 33.1 Å². The second-order valence-electron chi connectivity index (χ2n) is 4.65. The molecule has 1 aliphatic rings. The first-order valence-corrected chi connectivity index (χ1v) is 6.36. The van der Waals surface area contributed by atoms with Crippen molar-refractivity contribution in [2.45, 2.75) is 45.2 Å². The maximum absolute atomic E-state index is 11.5. The van der Waals surface area contributed by atoms with Crippen molar-refractivity contribution in [3.63, 3.8) is 0 Å². The molecule has 1 rings (SSSR count). The lowest BCUT2D eigenvalue weighted by molar-refractivity contribution is -0.122. The van der Waals surface area contributed by atoms with Crippen molar-refractivity contribution in [2.24, 2.45) is 0 Å². The summed E-state index contributed by atoms with van der Waals surface area (Å²) < 4.78 is 0. The van der Waals surface area contributed by atoms with Crippen LogP contribution < -0.4 is 10.6 Å². The van der Waals surface area contributed by atoms with Crippen molar-refractivity contribution in [1.29, 1.82) is 0 Å². The Morgan fingerprint density at radius 2 is 2.25 bits per heavy atom. The maximum Gasteiger partial charge on any atom is 0.236 e. The van der Waals surface area contributed by atoms with E-state index in [2.05, 4.69) is 22.6 Å². The van der Waals surface area contributed by atoms with Gasteiger partial charge in [-0.25, -0.2) is 0 Å². The summed E-state index contributed by atoms with van der Waals surface area (Å²) in [7, 11) is 2.17. The minimum atomic E-state index is -0.0877. The molecule has 0 aromatic heterocycles. The topological polar surface area (TPSA) is 44.4 Å². The van der Waals surface area contributed by atoms with Crippen LogP contribution in [0.4, 0.5) is 0 Å². The maximum atomic E-state index is 11.5. The first-order valence-electron chi connectivity index (χ1n) is 6.36. The highest BCUT2D eigenvalue weighted by Crippen LogP contribution is 2.13. The molecule has 2 N–H and O–H groups in total. The number of rotatable bonds is 5. The highest BCUT2D eigenvalue weighted by molar-refractivity contribution is 5.81. The minimum absolute atomic E-state index is 0.0877. The molecule has 2 atom stereocenters. The smallest absolute Gasteiger partial charge is 0.236 e. The average molecular weight is 227 g/mol. The molecule has 0 bridgehead atoms. The van der Waals surface area contributed by atoms with Crippen LogP contribution in [0.5, 0.6) is 0 Å². The molecule has 1 fully saturated rings. The molecular formula is C12H25N3O. The minimum Gasteiger partial charge on any atom is -0.355 e. The van der Waals surface area contributed by atoms with Gasteiger partial charge in [0.05, 0.1) is 6.04 Å². The van der Waals surface area contributed by atoms with Crippen LogP contribution in [0.25, 0.3) is 0 Å². The fourth-order valence-electron chi connectivity index (χ4n) is 2.13. The highest BCUT2D eigenvalue weighted by atomic mass is 16.2. The van der Waals surface area contributed by atoms with Gasteiger partial charge in [0.15, 0.2) is 0 Å². The number of likely N-dealkylation sites (tertiary alicyclic amines) is 1. The van der Waals surface area contributed by atoms with Gasteiger partial charge in [-0.05, 0) is 40.3 Å². The molecule has 0 aromatic rings. The zero-order valence-corrected chi connectivity index (χ0v) is 10.8. The summed E-state index contributed by atoms with van der Waals surface area (Å²) >= 11 is 0. The van der Waals surface area contributed by atoms with Gasteiger partial charge < -0.3 is 15.5 Å². The zero-order valence-electron chi connectivity index (χ0n) is 10.8. The number of amides is 1. The molecule has 0 aromatic carbocycles. The third-order valence-corrected chi connectivity index (χ3v) is 3.33. The number of hydrogen-bond acceptors (Lipinski definition) is 3. The van der Waals surface area contributed by atoms with E-state index in [0.29, 0.717) is 12.6 Å². The lowest BCUT2D eigenvalue weighted by atomic mass is 10.0. The molecule has 4 nitrogen and oxygen atoms in total. The molecule has 0 saturated carbocycles. The van der Waals surface area contributed by atoms with Crippen LogP contribution in [0.15, 0.2) is 0 Å². The number of hydrogen-bond donors (Lipinski definition) is 2. The van der Waals surface area contributed by atoms with Crippen molar-refractivity contribution in [2.75, 3.05) is 26.7 Å². The quantitative estimate of drug-likeness (QED) is 0.722. The Bertz CT molecular complexity index is 220. The van der Waals surface area contributed by atoms with Gasteiger partial charge in [-0.15, -0.1) is 0 Å². The van der Waals surface area contributed by atoms with Crippen LogP contribution in [-0.4, -0.2) is 49.6 Å². The van der Waals surface area contributed by atoms with E-state index >= 15 is 0 Å². The van der Waals surface area contributed by atoms with Gasteiger partial charge in [0.2, 0.25) is 5.91 Å². The third kappa shape index (κ3) is 4.10. The van der Waals surface area contributed by atoms with E-state index in [4.69, 9.17) is 0 Å². The molecule has 1 heterocycles. The molecule has 0 spiro atoms. The summed E-state index contributed by atoms with van der Waals surface area (Å²) in [4.78, 5) is 13.9. The molecule has 2 unspecified atom stereocenters. The molecule has 0 aliphatic carbocycles. The van der Waals surface area contributed by atoms with Crippen molar-refractivity contribution >= 4 is 5.91 Å². The molecule has 0 radical (unpaired) electrons. The summed E-state index contributed by atoms with van der Waals surface area (Å²) in [6.45, 7) is 6.66. The van der Waals surface area contributed by atoms with Crippen molar-refractivity contribution in [1.82, 2.24) is 15.5 Å². The second-order valence-corrected chi connectivity index (χ2v) is 4.65. The van der Waals surface area contributed by atoms with Crippen molar-refractivity contribution < 1.29 is 4.79 Å². The Kier molecular flexibility index (Phi) is 5.77. The summed E-state index contributed by atoms with van der Waals surface area (Å²) in [6, 6.07) is 0.501. The van der Waals surface area contributed by atoms with Gasteiger partial charge in [0, 0.05) is 19.1 Å². The third-order valence-electron chi connectivity index (χ3n) is 3.33. The lowest BCUT2D eigenvalue weighted by Crippen LogP contribution is -2.49. The monoisotopic (exact) mass is 227 g/mol. The van der Waals surface area contributed by atoms with E-state index in [9.17, 15) is 4.79 Å². The van der Waals surface area contributed by atoms with E-state index in [1.165, 1.54) is 25.8 Å². The molecule has 1 aliphatic heterocycles. The van der Waals surface area contributed by atoms with E-state index < -0.39 is 0 Å². The summed E-state index contributed by atoms with van der Waals surface area (Å²) in [6.07, 6.45) is 3.86. The van der Waals surface area contributed by atoms with Gasteiger partial charge in [-0.2, -0.15) is 0 Å². The molecular weight excluding hydrogens is 202 g/mol. The Morgan fingerprint density at radius 3 is 2.88 bits per heavy atom. The van der Waals surface area contributed by atoms with Crippen LogP contribution in [0.3, 0.4) is 0 Å². The summed E-state index contributed by atoms with van der Waals surface area (Å²) in [5.74, 6) is 0.0981. The Balaban J connectivity index is 2.24. The largest absolute Gasteiger partial charge is 0.355 e. The predicted molar refractivity (Wildman–Crippen MR) is 66.4 cm³/mol. The zero-order chi connectivity index (χ0) is 12.0. The van der Waals surface area contributed by atoms with E-state index in [1.54, 1.807) is 0 Å². The molecule has 1 amide bonds. The van der Waals surface area contributed by atoms with Crippen LogP contribution in [0.2, 0.25) is 0 Å². The van der Waals surface area contributed by atoms with E-state index in [0.717, 1.165) is 6.54 Å². The Morgan fingerprint density at radius 1 is 1.50 bits per heavy atom. The van der Waals surface area contributed by atoms with Crippen molar-refractivity contribution in [3.05, 3.63) is 0 Å². The average Bonchev–Trinajstić information content (AvgIpc) is 2.28. The van der Waals surface area contributed by atoms with Crippen LogP contribution in [0, 0.1) is 0 Å². The van der Waals surface area contributed by atoms with Gasteiger partial charge in [-0.3, -0.25) is 4.79 Å². The van der Waals surface area contributed by atoms with Crippen LogP contribution >= 0.6 is 0 Å². The first kappa shape index (κ1) is 13.5. The molecule has 4 heteroatoms. The van der Waals surface area contributed by atoms with E-state index in [-0.39, 0.29) is 11.9 Å². The first-order chi connectivity index (χ1) is 7.65. The molecule has 16 heavy (non-hydrogen) atoms. The molecule has 94 valence electrons. The number of piperidine rings is 1. The standard InChI is InChI=1S/C12H25N3O/c1-4-13-12(16)10(2)14-9-11-7-5-6-8-15(11)3/h10-11,14H,4-9H2,1-3H3,(H,13,16). The SMILES string of the molecule is CCNC(=O)C(C)NCC1CCCCN1C. The second kappa shape index (κ2) is 6.86. The number of nitrogens with zero attached hydrogens (tertiary/aromatic N) is 1. The molecule has 1 saturated heterocycles. The highest BCUT2D eigenvalue weighted by Gasteiger charge is 2.20. The van der Waals surface area contributed by atoms with Gasteiger partial charge in [-0.1, -0.05) is 6.42 Å². The number of carbonyl (C=O) groups excluding carboxylic acids is 1. The number of nitrogens with one attached hydrogen (secondary N) is 2. The normalized spacial score (nSPS) is 24.1. The van der Waals surface area contributed by atoms with Gasteiger partial charge >= 0.3 is 0 Å². The Labute approximate surface area is 98.8 Å². The number of carbonyl (C=O) groups is 1. The van der Waals surface area contributed by atoms with Crippen molar-refractivity contribution in [3.8, 4) is 0 Å². The fraction of sp³-hybridized carbons (Fsp3) is 0.917. The number of likely N-dealkylation sites (N-methyl/N-ethyl adjacent to an activating group) is 2. The van der Waals surface area contributed by atoms with Crippen LogP contribution in [-0.2, 0) is 4.79 Å². The van der Waals surface area contributed by atoms with Gasteiger partial charge in [0.1, 0.15) is 0 Å². The van der Waals surface area contributed by atoms with E-state index in [1.807, 2.05) is 13.8 Å². The fourth-order valence-corrected chi connectivity index (χ4v) is 2.13. The Hall–Kier alpha value is -0.610.